The summed E-state index contributed by atoms with van der Waals surface area (Å²) < 4.78 is 1.99. The second-order valence-corrected chi connectivity index (χ2v) is 6.94. The molecule has 1 aliphatic heterocycles. The number of nitrogens with zero attached hydrogens (tertiary/aromatic N) is 5. The molecule has 6 nitrogen and oxygen atoms in total. The molecule has 1 aromatic carbocycles. The van der Waals surface area contributed by atoms with Gasteiger partial charge in [0, 0.05) is 43.8 Å². The fourth-order valence-electron chi connectivity index (χ4n) is 3.40. The number of rotatable bonds is 5. The Morgan fingerprint density at radius 1 is 1.19 bits per heavy atom. The lowest BCUT2D eigenvalue weighted by Gasteiger charge is -2.31. The predicted molar refractivity (Wildman–Crippen MR) is 104 cm³/mol. The SMILES string of the molecule is CC1CCCN(c2cc(NCc3ccc(-n4ccnc4)cc3)ncn2)C1. The van der Waals surface area contributed by atoms with Crippen molar-refractivity contribution in [2.45, 2.75) is 26.3 Å². The maximum absolute atomic E-state index is 4.46. The third kappa shape index (κ3) is 3.85. The van der Waals surface area contributed by atoms with Gasteiger partial charge in [0.1, 0.15) is 18.0 Å². The molecule has 1 N–H and O–H groups in total. The Kier molecular flexibility index (Phi) is 4.82. The van der Waals surface area contributed by atoms with Gasteiger partial charge in [0.15, 0.2) is 0 Å². The lowest BCUT2D eigenvalue weighted by atomic mass is 10.0. The van der Waals surface area contributed by atoms with Gasteiger partial charge in [-0.3, -0.25) is 0 Å². The molecule has 0 radical (unpaired) electrons. The van der Waals surface area contributed by atoms with Gasteiger partial charge in [0.25, 0.3) is 0 Å². The number of aromatic nitrogens is 4. The summed E-state index contributed by atoms with van der Waals surface area (Å²) >= 11 is 0. The summed E-state index contributed by atoms with van der Waals surface area (Å²) in [7, 11) is 0. The third-order valence-corrected chi connectivity index (χ3v) is 4.85. The number of piperidine rings is 1. The zero-order valence-electron chi connectivity index (χ0n) is 15.0. The summed E-state index contributed by atoms with van der Waals surface area (Å²) in [5.41, 5.74) is 2.32. The molecule has 6 heteroatoms. The lowest BCUT2D eigenvalue weighted by molar-refractivity contribution is 0.444. The van der Waals surface area contributed by atoms with Crippen LogP contribution in [-0.4, -0.2) is 32.6 Å². The van der Waals surface area contributed by atoms with Crippen molar-refractivity contribution in [1.29, 1.82) is 0 Å². The maximum Gasteiger partial charge on any atom is 0.134 e. The van der Waals surface area contributed by atoms with Crippen LogP contribution < -0.4 is 10.2 Å². The van der Waals surface area contributed by atoms with Crippen molar-refractivity contribution in [1.82, 2.24) is 19.5 Å². The molecule has 1 unspecified atom stereocenters. The molecule has 0 aliphatic carbocycles. The summed E-state index contributed by atoms with van der Waals surface area (Å²) in [6, 6.07) is 10.5. The number of nitrogens with one attached hydrogen (secondary N) is 1. The second kappa shape index (κ2) is 7.56. The largest absolute Gasteiger partial charge is 0.366 e. The van der Waals surface area contributed by atoms with Crippen molar-refractivity contribution in [3.05, 3.63) is 60.9 Å². The molecular weight excluding hydrogens is 324 g/mol. The van der Waals surface area contributed by atoms with Crippen LogP contribution in [0.4, 0.5) is 11.6 Å². The first-order chi connectivity index (χ1) is 12.8. The van der Waals surface area contributed by atoms with E-state index in [1.54, 1.807) is 18.9 Å². The Morgan fingerprint density at radius 3 is 2.85 bits per heavy atom. The second-order valence-electron chi connectivity index (χ2n) is 6.94. The van der Waals surface area contributed by atoms with Crippen LogP contribution in [-0.2, 0) is 6.54 Å². The van der Waals surface area contributed by atoms with E-state index >= 15 is 0 Å². The number of hydrogen-bond donors (Lipinski definition) is 1. The van der Waals surface area contributed by atoms with Crippen LogP contribution in [0.1, 0.15) is 25.3 Å². The minimum Gasteiger partial charge on any atom is -0.366 e. The number of hydrogen-bond acceptors (Lipinski definition) is 5. The summed E-state index contributed by atoms with van der Waals surface area (Å²) in [6.45, 7) is 5.19. The van der Waals surface area contributed by atoms with E-state index in [9.17, 15) is 0 Å². The predicted octanol–water partition coefficient (Wildman–Crippen LogP) is 3.51. The molecule has 134 valence electrons. The van der Waals surface area contributed by atoms with Crippen LogP contribution in [0.3, 0.4) is 0 Å². The van der Waals surface area contributed by atoms with E-state index in [2.05, 4.69) is 62.4 Å². The van der Waals surface area contributed by atoms with Gasteiger partial charge in [0.05, 0.1) is 6.33 Å². The van der Waals surface area contributed by atoms with E-state index in [4.69, 9.17) is 0 Å². The normalized spacial score (nSPS) is 17.3. The first kappa shape index (κ1) is 16.6. The van der Waals surface area contributed by atoms with Gasteiger partial charge in [-0.05, 0) is 36.5 Å². The highest BCUT2D eigenvalue weighted by atomic mass is 15.2. The third-order valence-electron chi connectivity index (χ3n) is 4.85. The molecule has 0 bridgehead atoms. The number of benzene rings is 1. The Hall–Kier alpha value is -2.89. The van der Waals surface area contributed by atoms with Crippen molar-refractivity contribution in [2.24, 2.45) is 5.92 Å². The van der Waals surface area contributed by atoms with Crippen LogP contribution >= 0.6 is 0 Å². The Bertz CT molecular complexity index is 828. The van der Waals surface area contributed by atoms with Crippen molar-refractivity contribution >= 4 is 11.6 Å². The molecule has 2 aromatic heterocycles. The first-order valence-electron chi connectivity index (χ1n) is 9.16. The zero-order chi connectivity index (χ0) is 17.8. The molecule has 4 rings (SSSR count). The first-order valence-corrected chi connectivity index (χ1v) is 9.16. The van der Waals surface area contributed by atoms with E-state index in [0.717, 1.165) is 42.9 Å². The van der Waals surface area contributed by atoms with E-state index in [1.165, 1.54) is 18.4 Å². The topological polar surface area (TPSA) is 58.9 Å². The van der Waals surface area contributed by atoms with Crippen LogP contribution in [0.2, 0.25) is 0 Å². The van der Waals surface area contributed by atoms with Crippen LogP contribution in [0.15, 0.2) is 55.4 Å². The molecule has 1 atom stereocenters. The monoisotopic (exact) mass is 348 g/mol. The highest BCUT2D eigenvalue weighted by molar-refractivity contribution is 5.49. The minimum atomic E-state index is 0.726. The average Bonchev–Trinajstić information content (AvgIpc) is 3.22. The van der Waals surface area contributed by atoms with Gasteiger partial charge >= 0.3 is 0 Å². The van der Waals surface area contributed by atoms with Crippen molar-refractivity contribution in [3.63, 3.8) is 0 Å². The molecular formula is C20H24N6. The van der Waals surface area contributed by atoms with Gasteiger partial charge < -0.3 is 14.8 Å². The summed E-state index contributed by atoms with van der Waals surface area (Å²) in [5.74, 6) is 2.61. The molecule has 26 heavy (non-hydrogen) atoms. The minimum absolute atomic E-state index is 0.726. The van der Waals surface area contributed by atoms with Gasteiger partial charge in [0.2, 0.25) is 0 Å². The summed E-state index contributed by atoms with van der Waals surface area (Å²) in [6.07, 6.45) is 9.72. The fraction of sp³-hybridized carbons (Fsp3) is 0.350. The smallest absolute Gasteiger partial charge is 0.134 e. The van der Waals surface area contributed by atoms with Crippen LogP contribution in [0.5, 0.6) is 0 Å². The molecule has 3 heterocycles. The van der Waals surface area contributed by atoms with E-state index < -0.39 is 0 Å². The van der Waals surface area contributed by atoms with Crippen molar-refractivity contribution in [2.75, 3.05) is 23.3 Å². The Morgan fingerprint density at radius 2 is 2.08 bits per heavy atom. The Balaban J connectivity index is 1.39. The number of imidazole rings is 1. The van der Waals surface area contributed by atoms with E-state index in [1.807, 2.05) is 10.8 Å². The maximum atomic E-state index is 4.46. The lowest BCUT2D eigenvalue weighted by Crippen LogP contribution is -2.34. The van der Waals surface area contributed by atoms with E-state index in [-0.39, 0.29) is 0 Å². The Labute approximate surface area is 153 Å². The summed E-state index contributed by atoms with van der Waals surface area (Å²) in [5, 5.41) is 3.41. The molecule has 0 spiro atoms. The molecule has 1 fully saturated rings. The van der Waals surface area contributed by atoms with Crippen LogP contribution in [0.25, 0.3) is 5.69 Å². The highest BCUT2D eigenvalue weighted by Gasteiger charge is 2.17. The van der Waals surface area contributed by atoms with Crippen molar-refractivity contribution < 1.29 is 0 Å². The molecule has 0 saturated carbocycles. The standard InChI is InChI=1S/C20H24N6/c1-16-3-2-9-25(13-16)20-11-19(23-14-24-20)22-12-17-4-6-18(7-5-17)26-10-8-21-15-26/h4-8,10-11,14-16H,2-3,9,12-13H2,1H3,(H,22,23,24). The molecule has 3 aromatic rings. The summed E-state index contributed by atoms with van der Waals surface area (Å²) in [4.78, 5) is 15.3. The average molecular weight is 348 g/mol. The fourth-order valence-corrected chi connectivity index (χ4v) is 3.40. The molecule has 0 amide bonds. The zero-order valence-corrected chi connectivity index (χ0v) is 15.0. The van der Waals surface area contributed by atoms with Gasteiger partial charge in [-0.15, -0.1) is 0 Å². The number of anilines is 2. The van der Waals surface area contributed by atoms with Gasteiger partial charge in [-0.2, -0.15) is 0 Å². The van der Waals surface area contributed by atoms with Gasteiger partial charge in [-0.25, -0.2) is 15.0 Å². The molecule has 1 saturated heterocycles. The van der Waals surface area contributed by atoms with Gasteiger partial charge in [-0.1, -0.05) is 19.1 Å². The van der Waals surface area contributed by atoms with E-state index in [0.29, 0.717) is 0 Å². The van der Waals surface area contributed by atoms with Crippen molar-refractivity contribution in [3.8, 4) is 5.69 Å². The highest BCUT2D eigenvalue weighted by Crippen LogP contribution is 2.22. The quantitative estimate of drug-likeness (QED) is 0.764. The molecule has 1 aliphatic rings. The van der Waals surface area contributed by atoms with Crippen LogP contribution in [0, 0.1) is 5.92 Å².